The van der Waals surface area contributed by atoms with Crippen molar-refractivity contribution >= 4 is 5.97 Å². The molecule has 1 rings (SSSR count). The summed E-state index contributed by atoms with van der Waals surface area (Å²) >= 11 is 0. The lowest BCUT2D eigenvalue weighted by atomic mass is 10.1. The number of nitrogens with two attached hydrogens (primary N) is 1. The maximum absolute atomic E-state index is 10.6. The van der Waals surface area contributed by atoms with Crippen molar-refractivity contribution in [1.82, 2.24) is 0 Å². The lowest BCUT2D eigenvalue weighted by Crippen LogP contribution is -2.20. The maximum Gasteiger partial charge on any atom is 0.325 e. The molecule has 0 saturated heterocycles. The minimum atomic E-state index is -1.16. The quantitative estimate of drug-likeness (QED) is 0.655. The molecule has 0 aliphatic rings. The summed E-state index contributed by atoms with van der Waals surface area (Å²) in [6.45, 7) is 0. The van der Waals surface area contributed by atoms with Crippen LogP contribution < -0.4 is 10.5 Å². The molecule has 0 fully saturated rings. The Labute approximate surface area is 80.7 Å². The van der Waals surface area contributed by atoms with Crippen molar-refractivity contribution in [2.75, 3.05) is 7.11 Å². The van der Waals surface area contributed by atoms with Gasteiger partial charge < -0.3 is 20.7 Å². The molecular weight excluding hydrogens is 186 g/mol. The number of methoxy groups -OCH3 is 1. The Hall–Kier alpha value is -1.75. The molecule has 76 valence electrons. The molecule has 0 aliphatic heterocycles. The SMILES string of the molecule is COc1cc(O)cc(C(N)C(=O)O)c1. The van der Waals surface area contributed by atoms with Crippen LogP contribution in [0.1, 0.15) is 11.6 Å². The van der Waals surface area contributed by atoms with Crippen LogP contribution in [0.3, 0.4) is 0 Å². The molecule has 0 radical (unpaired) electrons. The van der Waals surface area contributed by atoms with Crippen molar-refractivity contribution in [2.45, 2.75) is 6.04 Å². The standard InChI is InChI=1S/C9H11NO4/c1-14-7-3-5(2-6(11)4-7)8(10)9(12)13/h2-4,8,11H,10H2,1H3,(H,12,13). The van der Waals surface area contributed by atoms with Gasteiger partial charge in [0, 0.05) is 6.07 Å². The molecule has 1 aromatic rings. The summed E-state index contributed by atoms with van der Waals surface area (Å²) in [6.07, 6.45) is 0. The Morgan fingerprint density at radius 2 is 2.14 bits per heavy atom. The van der Waals surface area contributed by atoms with Crippen LogP contribution in [0.4, 0.5) is 0 Å². The molecule has 4 N–H and O–H groups in total. The minimum absolute atomic E-state index is 0.0731. The number of carbonyl (C=O) groups is 1. The fourth-order valence-electron chi connectivity index (χ4n) is 1.05. The van der Waals surface area contributed by atoms with Crippen LogP contribution in [0.15, 0.2) is 18.2 Å². The fourth-order valence-corrected chi connectivity index (χ4v) is 1.05. The fraction of sp³-hybridized carbons (Fsp3) is 0.222. The lowest BCUT2D eigenvalue weighted by Gasteiger charge is -2.09. The van der Waals surface area contributed by atoms with E-state index >= 15 is 0 Å². The Morgan fingerprint density at radius 1 is 1.50 bits per heavy atom. The first kappa shape index (κ1) is 10.3. The molecule has 5 heteroatoms. The van der Waals surface area contributed by atoms with E-state index in [1.54, 1.807) is 0 Å². The van der Waals surface area contributed by atoms with E-state index in [1.807, 2.05) is 0 Å². The average molecular weight is 197 g/mol. The third-order valence-corrected chi connectivity index (χ3v) is 1.77. The molecule has 0 heterocycles. The Bertz CT molecular complexity index is 351. The van der Waals surface area contributed by atoms with Gasteiger partial charge in [0.05, 0.1) is 7.11 Å². The Morgan fingerprint density at radius 3 is 2.64 bits per heavy atom. The van der Waals surface area contributed by atoms with E-state index in [1.165, 1.54) is 25.3 Å². The second kappa shape index (κ2) is 3.97. The number of aromatic hydroxyl groups is 1. The van der Waals surface area contributed by atoms with Crippen molar-refractivity contribution in [3.8, 4) is 11.5 Å². The monoisotopic (exact) mass is 197 g/mol. The molecule has 14 heavy (non-hydrogen) atoms. The molecule has 0 amide bonds. The van der Waals surface area contributed by atoms with Gasteiger partial charge in [-0.2, -0.15) is 0 Å². The van der Waals surface area contributed by atoms with Crippen molar-refractivity contribution < 1.29 is 19.7 Å². The predicted molar refractivity (Wildman–Crippen MR) is 49.2 cm³/mol. The number of hydrogen-bond donors (Lipinski definition) is 3. The summed E-state index contributed by atoms with van der Waals surface area (Å²) in [5, 5.41) is 17.9. The topological polar surface area (TPSA) is 92.8 Å². The van der Waals surface area contributed by atoms with Gasteiger partial charge in [-0.15, -0.1) is 0 Å². The Kier molecular flexibility index (Phi) is 2.93. The highest BCUT2D eigenvalue weighted by Crippen LogP contribution is 2.24. The number of phenols is 1. The zero-order chi connectivity index (χ0) is 10.7. The largest absolute Gasteiger partial charge is 0.508 e. The minimum Gasteiger partial charge on any atom is -0.508 e. The number of aliphatic carboxylic acids is 1. The van der Waals surface area contributed by atoms with E-state index in [4.69, 9.17) is 15.6 Å². The Balaban J connectivity index is 3.08. The van der Waals surface area contributed by atoms with Gasteiger partial charge in [-0.1, -0.05) is 0 Å². The molecule has 1 aromatic carbocycles. The van der Waals surface area contributed by atoms with Crippen LogP contribution in [0.25, 0.3) is 0 Å². The molecule has 0 saturated carbocycles. The van der Waals surface area contributed by atoms with Gasteiger partial charge in [0.25, 0.3) is 0 Å². The van der Waals surface area contributed by atoms with E-state index in [0.717, 1.165) is 0 Å². The highest BCUT2D eigenvalue weighted by atomic mass is 16.5. The van der Waals surface area contributed by atoms with Crippen LogP contribution in [-0.4, -0.2) is 23.3 Å². The molecule has 0 spiro atoms. The number of rotatable bonds is 3. The smallest absolute Gasteiger partial charge is 0.325 e. The number of benzene rings is 1. The van der Waals surface area contributed by atoms with E-state index in [2.05, 4.69) is 0 Å². The van der Waals surface area contributed by atoms with Gasteiger partial charge in [-0.3, -0.25) is 4.79 Å². The van der Waals surface area contributed by atoms with Crippen LogP contribution in [-0.2, 0) is 4.79 Å². The molecule has 0 bridgehead atoms. The van der Waals surface area contributed by atoms with Crippen LogP contribution >= 0.6 is 0 Å². The van der Waals surface area contributed by atoms with Gasteiger partial charge >= 0.3 is 5.97 Å². The normalized spacial score (nSPS) is 12.1. The summed E-state index contributed by atoms with van der Waals surface area (Å²) in [4.78, 5) is 10.6. The summed E-state index contributed by atoms with van der Waals surface area (Å²) in [5.41, 5.74) is 5.66. The third-order valence-electron chi connectivity index (χ3n) is 1.77. The highest BCUT2D eigenvalue weighted by molar-refractivity contribution is 5.75. The third kappa shape index (κ3) is 2.14. The van der Waals surface area contributed by atoms with E-state index in [0.29, 0.717) is 11.3 Å². The van der Waals surface area contributed by atoms with Crippen LogP contribution in [0.2, 0.25) is 0 Å². The number of carboxylic acids is 1. The van der Waals surface area contributed by atoms with Crippen molar-refractivity contribution in [1.29, 1.82) is 0 Å². The summed E-state index contributed by atoms with van der Waals surface area (Å²) in [7, 11) is 1.42. The van der Waals surface area contributed by atoms with E-state index < -0.39 is 12.0 Å². The molecule has 0 aromatic heterocycles. The van der Waals surface area contributed by atoms with Crippen LogP contribution in [0, 0.1) is 0 Å². The van der Waals surface area contributed by atoms with Crippen molar-refractivity contribution in [3.63, 3.8) is 0 Å². The summed E-state index contributed by atoms with van der Waals surface area (Å²) in [6, 6.07) is 2.98. The van der Waals surface area contributed by atoms with Crippen molar-refractivity contribution in [3.05, 3.63) is 23.8 Å². The molecule has 5 nitrogen and oxygen atoms in total. The predicted octanol–water partition coefficient (Wildman–Crippen LogP) is 0.485. The number of phenolic OH excluding ortho intramolecular Hbond substituents is 1. The van der Waals surface area contributed by atoms with Gasteiger partial charge in [0.15, 0.2) is 0 Å². The molecule has 1 atom stereocenters. The van der Waals surface area contributed by atoms with Crippen LogP contribution in [0.5, 0.6) is 11.5 Å². The first-order valence-electron chi connectivity index (χ1n) is 3.91. The highest BCUT2D eigenvalue weighted by Gasteiger charge is 2.15. The molecule has 1 unspecified atom stereocenters. The maximum atomic E-state index is 10.6. The van der Waals surface area contributed by atoms with Gasteiger partial charge in [0.2, 0.25) is 0 Å². The van der Waals surface area contributed by atoms with Gasteiger partial charge in [-0.05, 0) is 17.7 Å². The second-order valence-corrected chi connectivity index (χ2v) is 2.78. The van der Waals surface area contributed by atoms with E-state index in [9.17, 15) is 9.90 Å². The molecule has 0 aliphatic carbocycles. The first-order valence-corrected chi connectivity index (χ1v) is 3.91. The van der Waals surface area contributed by atoms with Gasteiger partial charge in [-0.25, -0.2) is 0 Å². The number of ether oxygens (including phenoxy) is 1. The zero-order valence-corrected chi connectivity index (χ0v) is 7.60. The second-order valence-electron chi connectivity index (χ2n) is 2.78. The summed E-state index contributed by atoms with van der Waals surface area (Å²) < 4.78 is 4.86. The van der Waals surface area contributed by atoms with Crippen molar-refractivity contribution in [2.24, 2.45) is 5.73 Å². The number of hydrogen-bond acceptors (Lipinski definition) is 4. The summed E-state index contributed by atoms with van der Waals surface area (Å²) in [5.74, 6) is -0.856. The zero-order valence-electron chi connectivity index (χ0n) is 7.60. The number of carboxylic acid groups (broad SMARTS) is 1. The van der Waals surface area contributed by atoms with E-state index in [-0.39, 0.29) is 5.75 Å². The average Bonchev–Trinajstić information content (AvgIpc) is 2.15. The first-order chi connectivity index (χ1) is 6.54. The van der Waals surface area contributed by atoms with Gasteiger partial charge in [0.1, 0.15) is 17.5 Å². The lowest BCUT2D eigenvalue weighted by molar-refractivity contribution is -0.138. The molecular formula is C9H11NO4.